The molecular formula is C62H94O28. The second-order valence-corrected chi connectivity index (χ2v) is 28.1. The van der Waals surface area contributed by atoms with Crippen LogP contribution in [0.25, 0.3) is 0 Å². The van der Waals surface area contributed by atoms with Crippen LogP contribution < -0.4 is 0 Å². The number of hydrogen-bond donors (Lipinski definition) is 12. The number of carbonyl (C=O) groups excluding carboxylic acids is 4. The molecule has 8 fully saturated rings. The van der Waals surface area contributed by atoms with Gasteiger partial charge in [-0.15, -0.1) is 0 Å². The van der Waals surface area contributed by atoms with E-state index in [-0.39, 0.29) is 18.8 Å². The molecule has 0 bridgehead atoms. The number of esters is 3. The second kappa shape index (κ2) is 26.8. The summed E-state index contributed by atoms with van der Waals surface area (Å²) < 4.78 is 67.1. The van der Waals surface area contributed by atoms with Crippen LogP contribution in [-0.4, -0.2) is 253 Å². The first-order chi connectivity index (χ1) is 42.2. The van der Waals surface area contributed by atoms with Crippen molar-refractivity contribution in [2.75, 3.05) is 26.4 Å². The van der Waals surface area contributed by atoms with E-state index in [0.717, 1.165) is 18.3 Å². The summed E-state index contributed by atoms with van der Waals surface area (Å²) in [5.74, 6) is -5.03. The Morgan fingerprint density at radius 1 is 0.644 bits per heavy atom. The SMILES string of the molecule is CCC/C=C\C(=O)O[C@@H]1[C@H](OC(C)=O)[C@]2(CO)[C@H](OC(C)=O)C[C@]3(C)C(=CC[C@@H]4[C@@]5(C)CC[C@H](O[C@@H]6O[C@H](C(=O)O)[C@@H](O)[C@H](O[C@@H]7OC[C@H](O)[C@H](O)[C@H]7OC7OCC(O)C(O)C7O)[C@H]6O[C@@H]6O[C@H](CO)[C@H](O)[C@H](O)[C@H]6O)[C@@](C)(C=O)[C@@H]5CC[C@]43C)[C@@H]2CC1(C)C. The van der Waals surface area contributed by atoms with E-state index < -0.39 is 230 Å². The minimum Gasteiger partial charge on any atom is -0.479 e. The summed E-state index contributed by atoms with van der Waals surface area (Å²) in [5.41, 5.74) is -4.95. The van der Waals surface area contributed by atoms with Crippen LogP contribution in [0, 0.1) is 50.2 Å². The highest BCUT2D eigenvalue weighted by Gasteiger charge is 2.75. The molecule has 4 heterocycles. The van der Waals surface area contributed by atoms with Crippen molar-refractivity contribution in [2.45, 2.75) is 255 Å². The van der Waals surface area contributed by atoms with Gasteiger partial charge in [0, 0.05) is 25.3 Å². The molecule has 4 unspecified atom stereocenters. The van der Waals surface area contributed by atoms with E-state index in [9.17, 15) is 85.3 Å². The fraction of sp³-hybridized carbons (Fsp3) is 0.855. The molecule has 9 aliphatic rings. The van der Waals surface area contributed by atoms with Gasteiger partial charge in [-0.3, -0.25) is 9.59 Å². The smallest absolute Gasteiger partial charge is 0.335 e. The molecule has 0 amide bonds. The first-order valence-electron chi connectivity index (χ1n) is 31.4. The third-order valence-electron chi connectivity index (χ3n) is 22.4. The quantitative estimate of drug-likeness (QED) is 0.0194. The summed E-state index contributed by atoms with van der Waals surface area (Å²) in [4.78, 5) is 67.7. The Hall–Kier alpha value is -3.73. The maximum Gasteiger partial charge on any atom is 0.335 e. The largest absolute Gasteiger partial charge is 0.479 e. The third-order valence-corrected chi connectivity index (χ3v) is 22.4. The minimum atomic E-state index is -2.29. The monoisotopic (exact) mass is 1290 g/mol. The number of rotatable bonds is 18. The van der Waals surface area contributed by atoms with Gasteiger partial charge in [0.15, 0.2) is 37.4 Å². The van der Waals surface area contributed by atoms with Crippen molar-refractivity contribution in [1.82, 2.24) is 0 Å². The van der Waals surface area contributed by atoms with Crippen molar-refractivity contribution >= 4 is 30.2 Å². The number of hydrogen-bond acceptors (Lipinski definition) is 27. The molecule has 9 rings (SSSR count). The molecular weight excluding hydrogens is 1190 g/mol. The van der Waals surface area contributed by atoms with Gasteiger partial charge in [-0.1, -0.05) is 72.6 Å². The zero-order valence-electron chi connectivity index (χ0n) is 52.3. The van der Waals surface area contributed by atoms with E-state index >= 15 is 0 Å². The Morgan fingerprint density at radius 2 is 1.28 bits per heavy atom. The number of aldehydes is 1. The number of ether oxygens (including phenoxy) is 11. The lowest BCUT2D eigenvalue weighted by Gasteiger charge is -2.72. The summed E-state index contributed by atoms with van der Waals surface area (Å²) in [6.07, 6.45) is -29.8. The summed E-state index contributed by atoms with van der Waals surface area (Å²) in [5, 5.41) is 131. The highest BCUT2D eigenvalue weighted by atomic mass is 16.8. The number of aliphatic hydroxyl groups is 11. The van der Waals surface area contributed by atoms with Crippen molar-refractivity contribution in [3.8, 4) is 0 Å². The number of carboxylic acid groups (broad SMARTS) is 1. The fourth-order valence-electron chi connectivity index (χ4n) is 17.5. The Labute approximate surface area is 521 Å². The molecule has 90 heavy (non-hydrogen) atoms. The van der Waals surface area contributed by atoms with Crippen LogP contribution >= 0.6 is 0 Å². The zero-order valence-corrected chi connectivity index (χ0v) is 52.3. The summed E-state index contributed by atoms with van der Waals surface area (Å²) in [6.45, 7) is 13.7. The van der Waals surface area contributed by atoms with Gasteiger partial charge in [-0.05, 0) is 85.4 Å². The predicted octanol–water partition coefficient (Wildman–Crippen LogP) is -1.05. The van der Waals surface area contributed by atoms with Crippen molar-refractivity contribution in [3.05, 3.63) is 23.8 Å². The van der Waals surface area contributed by atoms with Crippen LogP contribution in [0.2, 0.25) is 0 Å². The molecule has 0 spiro atoms. The van der Waals surface area contributed by atoms with Crippen LogP contribution in [0.5, 0.6) is 0 Å². The van der Waals surface area contributed by atoms with Crippen molar-refractivity contribution in [2.24, 2.45) is 50.2 Å². The topological polar surface area (TPSA) is 430 Å². The molecule has 5 aliphatic carbocycles. The van der Waals surface area contributed by atoms with Gasteiger partial charge < -0.3 is 118 Å². The van der Waals surface area contributed by atoms with E-state index in [0.29, 0.717) is 38.5 Å². The number of carbonyl (C=O) groups is 5. The Bertz CT molecular complexity index is 2650. The first-order valence-corrected chi connectivity index (χ1v) is 31.4. The van der Waals surface area contributed by atoms with E-state index in [1.165, 1.54) is 19.9 Å². The normalized spacial score (nSPS) is 49.2. The Balaban J connectivity index is 1.06. The van der Waals surface area contributed by atoms with Crippen LogP contribution in [-0.2, 0) is 76.1 Å². The molecule has 0 aromatic rings. The Morgan fingerprint density at radius 3 is 1.90 bits per heavy atom. The summed E-state index contributed by atoms with van der Waals surface area (Å²) in [7, 11) is 0. The van der Waals surface area contributed by atoms with Crippen LogP contribution in [0.1, 0.15) is 120 Å². The molecule has 0 radical (unpaired) electrons. The van der Waals surface area contributed by atoms with Gasteiger partial charge in [-0.2, -0.15) is 0 Å². The van der Waals surface area contributed by atoms with E-state index in [2.05, 4.69) is 26.8 Å². The van der Waals surface area contributed by atoms with Gasteiger partial charge in [0.2, 0.25) is 0 Å². The van der Waals surface area contributed by atoms with Crippen molar-refractivity contribution in [3.63, 3.8) is 0 Å². The predicted molar refractivity (Wildman–Crippen MR) is 303 cm³/mol. The van der Waals surface area contributed by atoms with Gasteiger partial charge >= 0.3 is 23.9 Å². The minimum absolute atomic E-state index is 0.0921. The molecule has 4 aliphatic heterocycles. The van der Waals surface area contributed by atoms with Crippen LogP contribution in [0.4, 0.5) is 0 Å². The molecule has 0 aromatic carbocycles. The van der Waals surface area contributed by atoms with Gasteiger partial charge in [-0.25, -0.2) is 9.59 Å². The number of aliphatic hydroxyl groups excluding tert-OH is 11. The van der Waals surface area contributed by atoms with Gasteiger partial charge in [0.1, 0.15) is 97.8 Å². The molecule has 0 aromatic heterocycles. The highest BCUT2D eigenvalue weighted by molar-refractivity contribution is 5.82. The average Bonchev–Trinajstić information content (AvgIpc) is 0.669. The molecule has 4 saturated carbocycles. The lowest BCUT2D eigenvalue weighted by atomic mass is 9.33. The number of carboxylic acids is 1. The standard InChI is InChI=1S/C62H94O28/c1-10-11-12-13-38(70)86-50-51(83-28(3)67)62(26-65)30(20-57(50,4)5)29-14-15-35-58(6)18-17-36(59(7,25-64)34(58)16-19-60(35,8)61(29,9)21-37(62)82-27(2)66)85-56-49(90-54-44(76)42(74)41(73)33(22-63)84-54)46(45(77)47(88-56)52(78)79)87-55-48(40(72)32(69)24-81-55)89-53-43(75)39(71)31(68)23-80-53/h12-14,25,30-37,39-51,53-56,63,65,68-69,71-77H,10-11,15-24,26H2,1-9H3,(H,78,79)/b13-12-/t30-,31?,32-,33+,34+,35+,36-,37+,39?,40-,41-,42-,43?,44+,45-,46-,47-,48+,49+,50+,51-,53?,54-,55-,56+,58-,59-,60+,61+,62-/m0/s1. The number of fused-ring (bicyclic) bond motifs is 7. The zero-order chi connectivity index (χ0) is 66.1. The van der Waals surface area contributed by atoms with Crippen LogP contribution in [0.3, 0.4) is 0 Å². The molecule has 12 N–H and O–H groups in total. The summed E-state index contributed by atoms with van der Waals surface area (Å²) in [6, 6.07) is 0. The van der Waals surface area contributed by atoms with Gasteiger partial charge in [0.05, 0.1) is 43.4 Å². The number of allylic oxidation sites excluding steroid dienone is 3. The highest BCUT2D eigenvalue weighted by Crippen LogP contribution is 2.76. The number of aliphatic carboxylic acids is 1. The maximum atomic E-state index is 14.3. The number of unbranched alkanes of at least 4 members (excludes halogenated alkanes) is 1. The van der Waals surface area contributed by atoms with Crippen LogP contribution in [0.15, 0.2) is 23.8 Å². The van der Waals surface area contributed by atoms with Gasteiger partial charge in [0.25, 0.3) is 0 Å². The lowest BCUT2D eigenvalue weighted by Crippen LogP contribution is -2.73. The molecule has 28 heteroatoms. The molecule has 28 nitrogen and oxygen atoms in total. The molecule has 510 valence electrons. The van der Waals surface area contributed by atoms with E-state index in [1.54, 1.807) is 13.0 Å². The average molecular weight is 1290 g/mol. The first kappa shape index (κ1) is 70.6. The molecule has 4 saturated heterocycles. The fourth-order valence-corrected chi connectivity index (χ4v) is 17.5. The Kier molecular flexibility index (Phi) is 21.0. The van der Waals surface area contributed by atoms with Crippen molar-refractivity contribution < 1.29 is 137 Å². The van der Waals surface area contributed by atoms with E-state index in [4.69, 9.17) is 52.1 Å². The second-order valence-electron chi connectivity index (χ2n) is 28.1. The maximum absolute atomic E-state index is 14.3. The van der Waals surface area contributed by atoms with Crippen molar-refractivity contribution in [1.29, 1.82) is 0 Å². The molecule has 30 atom stereocenters. The lowest BCUT2D eigenvalue weighted by molar-refractivity contribution is -0.398. The van der Waals surface area contributed by atoms with E-state index in [1.807, 2.05) is 20.8 Å². The summed E-state index contributed by atoms with van der Waals surface area (Å²) >= 11 is 0. The third kappa shape index (κ3) is 12.2.